The highest BCUT2D eigenvalue weighted by Crippen LogP contribution is 2.25. The van der Waals surface area contributed by atoms with Crippen LogP contribution in [0.1, 0.15) is 23.0 Å². The molecule has 122 valence electrons. The monoisotopic (exact) mass is 325 g/mol. The average molecular weight is 325 g/mol. The van der Waals surface area contributed by atoms with Gasteiger partial charge in [0.05, 0.1) is 0 Å². The maximum Gasteiger partial charge on any atom is 0.272 e. The van der Waals surface area contributed by atoms with E-state index in [0.29, 0.717) is 22.3 Å². The van der Waals surface area contributed by atoms with Gasteiger partial charge in [-0.25, -0.2) is 4.39 Å². The standard InChI is InChI=1S/C18H16FN3O2/c1-10-14(20-11(2)23)6-4-7-15(10)22-18(24)17-9-12-13(19)5-3-8-16(12)21-17/h3-9,21H,1-2H3,(H,20,23)(H,22,24). The number of hydrogen-bond acceptors (Lipinski definition) is 2. The summed E-state index contributed by atoms with van der Waals surface area (Å²) in [5, 5.41) is 5.85. The molecule has 0 fully saturated rings. The molecular weight excluding hydrogens is 309 g/mol. The third-order valence-corrected chi connectivity index (χ3v) is 3.75. The number of halogens is 1. The number of nitrogens with one attached hydrogen (secondary N) is 3. The summed E-state index contributed by atoms with van der Waals surface area (Å²) in [7, 11) is 0. The van der Waals surface area contributed by atoms with Crippen molar-refractivity contribution in [2.45, 2.75) is 13.8 Å². The fraction of sp³-hybridized carbons (Fsp3) is 0.111. The molecule has 3 N–H and O–H groups in total. The minimum atomic E-state index is -0.383. The molecule has 0 unspecified atom stereocenters. The van der Waals surface area contributed by atoms with E-state index in [1.807, 2.05) is 0 Å². The van der Waals surface area contributed by atoms with Crippen LogP contribution in [0, 0.1) is 12.7 Å². The smallest absolute Gasteiger partial charge is 0.272 e. The topological polar surface area (TPSA) is 74.0 Å². The second kappa shape index (κ2) is 6.16. The van der Waals surface area contributed by atoms with Gasteiger partial charge in [0.1, 0.15) is 11.5 Å². The summed E-state index contributed by atoms with van der Waals surface area (Å²) in [6.45, 7) is 3.22. The summed E-state index contributed by atoms with van der Waals surface area (Å²) in [5.74, 6) is -0.951. The molecule has 24 heavy (non-hydrogen) atoms. The largest absolute Gasteiger partial charge is 0.350 e. The number of H-pyrrole nitrogens is 1. The number of carbonyl (C=O) groups excluding carboxylic acids is 2. The lowest BCUT2D eigenvalue weighted by Gasteiger charge is -2.12. The number of fused-ring (bicyclic) bond motifs is 1. The van der Waals surface area contributed by atoms with Crippen LogP contribution in [-0.2, 0) is 4.79 Å². The van der Waals surface area contributed by atoms with Crippen LogP contribution in [0.2, 0.25) is 0 Å². The Morgan fingerprint density at radius 3 is 2.38 bits per heavy atom. The van der Waals surface area contributed by atoms with E-state index in [0.717, 1.165) is 5.56 Å². The molecule has 0 spiro atoms. The average Bonchev–Trinajstić information content (AvgIpc) is 2.96. The number of rotatable bonds is 3. The Morgan fingerprint density at radius 1 is 1.04 bits per heavy atom. The zero-order chi connectivity index (χ0) is 17.3. The van der Waals surface area contributed by atoms with Gasteiger partial charge < -0.3 is 15.6 Å². The molecular formula is C18H16FN3O2. The van der Waals surface area contributed by atoms with E-state index in [9.17, 15) is 14.0 Å². The number of carbonyl (C=O) groups is 2. The Labute approximate surface area is 137 Å². The Kier molecular flexibility index (Phi) is 4.04. The van der Waals surface area contributed by atoms with E-state index in [-0.39, 0.29) is 23.3 Å². The number of aromatic amines is 1. The van der Waals surface area contributed by atoms with Crippen molar-refractivity contribution in [2.75, 3.05) is 10.6 Å². The highest BCUT2D eigenvalue weighted by Gasteiger charge is 2.14. The van der Waals surface area contributed by atoms with Crippen LogP contribution in [-0.4, -0.2) is 16.8 Å². The zero-order valence-electron chi connectivity index (χ0n) is 13.2. The summed E-state index contributed by atoms with van der Waals surface area (Å²) < 4.78 is 13.7. The molecule has 2 aromatic carbocycles. The molecule has 6 heteroatoms. The number of aromatic nitrogens is 1. The number of hydrogen-bond donors (Lipinski definition) is 3. The minimum absolute atomic E-state index is 0.187. The van der Waals surface area contributed by atoms with Gasteiger partial charge in [-0.3, -0.25) is 9.59 Å². The SMILES string of the molecule is CC(=O)Nc1cccc(NC(=O)c2cc3c(F)cccc3[nH]2)c1C. The van der Waals surface area contributed by atoms with Crippen LogP contribution in [0.15, 0.2) is 42.5 Å². The van der Waals surface area contributed by atoms with Crippen LogP contribution < -0.4 is 10.6 Å². The minimum Gasteiger partial charge on any atom is -0.350 e. The lowest BCUT2D eigenvalue weighted by atomic mass is 10.1. The predicted octanol–water partition coefficient (Wildman–Crippen LogP) is 3.83. The summed E-state index contributed by atoms with van der Waals surface area (Å²) in [6.07, 6.45) is 0. The van der Waals surface area contributed by atoms with Crippen molar-refractivity contribution in [3.8, 4) is 0 Å². The first-order valence-electron chi connectivity index (χ1n) is 7.41. The Balaban J connectivity index is 1.89. The van der Waals surface area contributed by atoms with Gasteiger partial charge in [0.15, 0.2) is 0 Å². The lowest BCUT2D eigenvalue weighted by molar-refractivity contribution is -0.114. The highest BCUT2D eigenvalue weighted by atomic mass is 19.1. The van der Waals surface area contributed by atoms with E-state index in [2.05, 4.69) is 15.6 Å². The molecule has 0 aliphatic rings. The van der Waals surface area contributed by atoms with E-state index < -0.39 is 0 Å². The maximum atomic E-state index is 13.7. The lowest BCUT2D eigenvalue weighted by Crippen LogP contribution is -2.14. The van der Waals surface area contributed by atoms with Crippen molar-refractivity contribution >= 4 is 34.1 Å². The van der Waals surface area contributed by atoms with Crippen molar-refractivity contribution in [1.29, 1.82) is 0 Å². The molecule has 2 amide bonds. The van der Waals surface area contributed by atoms with Gasteiger partial charge in [-0.05, 0) is 42.8 Å². The Bertz CT molecular complexity index is 947. The normalized spacial score (nSPS) is 10.6. The quantitative estimate of drug-likeness (QED) is 0.685. The highest BCUT2D eigenvalue weighted by molar-refractivity contribution is 6.06. The van der Waals surface area contributed by atoms with Gasteiger partial charge in [-0.2, -0.15) is 0 Å². The van der Waals surface area contributed by atoms with Gasteiger partial charge in [0, 0.05) is 29.2 Å². The first kappa shape index (κ1) is 15.7. The molecule has 5 nitrogen and oxygen atoms in total. The molecule has 0 atom stereocenters. The third-order valence-electron chi connectivity index (χ3n) is 3.75. The number of amides is 2. The van der Waals surface area contributed by atoms with Crippen molar-refractivity contribution in [3.05, 3.63) is 59.5 Å². The van der Waals surface area contributed by atoms with Crippen LogP contribution in [0.3, 0.4) is 0 Å². The summed E-state index contributed by atoms with van der Waals surface area (Å²) >= 11 is 0. The fourth-order valence-electron chi connectivity index (χ4n) is 2.53. The second-order valence-corrected chi connectivity index (χ2v) is 5.50. The van der Waals surface area contributed by atoms with Crippen LogP contribution >= 0.6 is 0 Å². The van der Waals surface area contributed by atoms with Gasteiger partial charge in [-0.1, -0.05) is 12.1 Å². The molecule has 1 aromatic heterocycles. The van der Waals surface area contributed by atoms with Crippen molar-refractivity contribution in [1.82, 2.24) is 4.98 Å². The van der Waals surface area contributed by atoms with Gasteiger partial charge in [0.25, 0.3) is 5.91 Å². The van der Waals surface area contributed by atoms with E-state index in [1.165, 1.54) is 19.1 Å². The maximum absolute atomic E-state index is 13.7. The van der Waals surface area contributed by atoms with Crippen LogP contribution in [0.4, 0.5) is 15.8 Å². The molecule has 3 rings (SSSR count). The van der Waals surface area contributed by atoms with Crippen LogP contribution in [0.25, 0.3) is 10.9 Å². The third kappa shape index (κ3) is 2.99. The van der Waals surface area contributed by atoms with E-state index >= 15 is 0 Å². The molecule has 1 heterocycles. The number of anilines is 2. The van der Waals surface area contributed by atoms with Gasteiger partial charge in [-0.15, -0.1) is 0 Å². The van der Waals surface area contributed by atoms with Gasteiger partial charge in [0.2, 0.25) is 5.91 Å². The van der Waals surface area contributed by atoms with Gasteiger partial charge >= 0.3 is 0 Å². The summed E-state index contributed by atoms with van der Waals surface area (Å²) in [6, 6.07) is 11.3. The zero-order valence-corrected chi connectivity index (χ0v) is 13.2. The number of benzene rings is 2. The van der Waals surface area contributed by atoms with E-state index in [1.54, 1.807) is 37.3 Å². The molecule has 0 bridgehead atoms. The Morgan fingerprint density at radius 2 is 1.71 bits per heavy atom. The van der Waals surface area contributed by atoms with Crippen molar-refractivity contribution in [3.63, 3.8) is 0 Å². The van der Waals surface area contributed by atoms with Crippen LogP contribution in [0.5, 0.6) is 0 Å². The summed E-state index contributed by atoms with van der Waals surface area (Å²) in [4.78, 5) is 26.5. The Hall–Kier alpha value is -3.15. The van der Waals surface area contributed by atoms with E-state index in [4.69, 9.17) is 0 Å². The second-order valence-electron chi connectivity index (χ2n) is 5.50. The molecule has 0 saturated heterocycles. The molecule has 3 aromatic rings. The molecule has 0 radical (unpaired) electrons. The molecule has 0 aliphatic carbocycles. The fourth-order valence-corrected chi connectivity index (χ4v) is 2.53. The van der Waals surface area contributed by atoms with Crippen molar-refractivity contribution < 1.29 is 14.0 Å². The first-order chi connectivity index (χ1) is 11.5. The molecule has 0 aliphatic heterocycles. The molecule has 0 saturated carbocycles. The van der Waals surface area contributed by atoms with Crippen molar-refractivity contribution in [2.24, 2.45) is 0 Å². The first-order valence-corrected chi connectivity index (χ1v) is 7.41. The summed E-state index contributed by atoms with van der Waals surface area (Å²) in [5.41, 5.74) is 2.76. The predicted molar refractivity (Wildman–Crippen MR) is 91.7 cm³/mol.